The van der Waals surface area contributed by atoms with E-state index in [4.69, 9.17) is 4.74 Å². The van der Waals surface area contributed by atoms with E-state index in [0.717, 1.165) is 51.9 Å². The molecule has 1 saturated heterocycles. The van der Waals surface area contributed by atoms with Crippen LogP contribution in [-0.4, -0.2) is 49.2 Å². The van der Waals surface area contributed by atoms with Crippen molar-refractivity contribution in [2.45, 2.75) is 64.5 Å². The second kappa shape index (κ2) is 7.99. The van der Waals surface area contributed by atoms with Crippen LogP contribution in [0.1, 0.15) is 52.4 Å². The van der Waals surface area contributed by atoms with E-state index in [-0.39, 0.29) is 0 Å². The second-order valence-electron chi connectivity index (χ2n) is 6.25. The second-order valence-corrected chi connectivity index (χ2v) is 6.25. The highest BCUT2D eigenvalue weighted by molar-refractivity contribution is 5.76. The van der Waals surface area contributed by atoms with Gasteiger partial charge in [-0.05, 0) is 51.5 Å². The Labute approximate surface area is 123 Å². The van der Waals surface area contributed by atoms with E-state index in [1.165, 1.54) is 12.8 Å². The average molecular weight is 282 g/mol. The van der Waals surface area contributed by atoms with Gasteiger partial charge in [-0.15, -0.1) is 0 Å². The van der Waals surface area contributed by atoms with Crippen molar-refractivity contribution in [2.24, 2.45) is 5.92 Å². The van der Waals surface area contributed by atoms with Crippen LogP contribution in [0.15, 0.2) is 0 Å². The lowest BCUT2D eigenvalue weighted by Gasteiger charge is -2.36. The van der Waals surface area contributed by atoms with Crippen molar-refractivity contribution >= 4 is 5.91 Å². The topological polar surface area (TPSA) is 41.6 Å². The molecule has 1 aliphatic heterocycles. The standard InChI is InChI=1S/C16H30N2O2/c1-3-8-18(12-14-6-5-7-17-14)16(19)11-13-9-15(10-13)20-4-2/h13-15,17H,3-12H2,1-2H3. The lowest BCUT2D eigenvalue weighted by atomic mass is 9.79. The Morgan fingerprint density at radius 3 is 2.75 bits per heavy atom. The third-order valence-corrected chi connectivity index (χ3v) is 4.51. The minimum Gasteiger partial charge on any atom is -0.378 e. The fraction of sp³-hybridized carbons (Fsp3) is 0.938. The Balaban J connectivity index is 1.72. The third kappa shape index (κ3) is 4.45. The van der Waals surface area contributed by atoms with E-state index in [9.17, 15) is 4.79 Å². The average Bonchev–Trinajstić information content (AvgIpc) is 2.88. The molecule has 1 unspecified atom stereocenters. The molecule has 1 heterocycles. The minimum atomic E-state index is 0.348. The van der Waals surface area contributed by atoms with Gasteiger partial charge in [-0.3, -0.25) is 4.79 Å². The van der Waals surface area contributed by atoms with Crippen LogP contribution in [0.4, 0.5) is 0 Å². The van der Waals surface area contributed by atoms with Crippen LogP contribution in [-0.2, 0) is 9.53 Å². The molecule has 0 aromatic carbocycles. The summed E-state index contributed by atoms with van der Waals surface area (Å²) in [5.74, 6) is 0.899. The number of hydrogen-bond acceptors (Lipinski definition) is 3. The van der Waals surface area contributed by atoms with Crippen LogP contribution in [0.5, 0.6) is 0 Å². The van der Waals surface area contributed by atoms with Gasteiger partial charge in [-0.1, -0.05) is 6.92 Å². The number of ether oxygens (including phenoxy) is 1. The molecule has 1 N–H and O–H groups in total. The molecule has 4 nitrogen and oxygen atoms in total. The number of nitrogens with one attached hydrogen (secondary N) is 1. The summed E-state index contributed by atoms with van der Waals surface area (Å²) in [4.78, 5) is 14.5. The van der Waals surface area contributed by atoms with Crippen molar-refractivity contribution in [3.05, 3.63) is 0 Å². The van der Waals surface area contributed by atoms with E-state index in [1.807, 2.05) is 6.92 Å². The first kappa shape index (κ1) is 15.8. The maximum absolute atomic E-state index is 12.4. The fourth-order valence-electron chi connectivity index (χ4n) is 3.36. The molecule has 1 aliphatic carbocycles. The summed E-state index contributed by atoms with van der Waals surface area (Å²) in [5, 5.41) is 3.49. The van der Waals surface area contributed by atoms with Crippen LogP contribution >= 0.6 is 0 Å². The molecule has 2 fully saturated rings. The highest BCUT2D eigenvalue weighted by Crippen LogP contribution is 2.33. The summed E-state index contributed by atoms with van der Waals surface area (Å²) < 4.78 is 5.57. The normalized spacial score (nSPS) is 29.2. The SMILES string of the molecule is CCCN(CC1CCCN1)C(=O)CC1CC(OCC)C1. The maximum Gasteiger partial charge on any atom is 0.222 e. The number of rotatable bonds is 8. The lowest BCUT2D eigenvalue weighted by Crippen LogP contribution is -2.43. The smallest absolute Gasteiger partial charge is 0.222 e. The molecule has 116 valence electrons. The zero-order valence-corrected chi connectivity index (χ0v) is 13.1. The molecule has 0 aromatic heterocycles. The van der Waals surface area contributed by atoms with Crippen molar-refractivity contribution in [1.29, 1.82) is 0 Å². The Morgan fingerprint density at radius 1 is 1.35 bits per heavy atom. The zero-order chi connectivity index (χ0) is 14.4. The van der Waals surface area contributed by atoms with Crippen molar-refractivity contribution in [1.82, 2.24) is 10.2 Å². The Bertz CT molecular complexity index is 297. The van der Waals surface area contributed by atoms with Gasteiger partial charge in [-0.25, -0.2) is 0 Å². The number of carbonyl (C=O) groups is 1. The van der Waals surface area contributed by atoms with Crippen molar-refractivity contribution < 1.29 is 9.53 Å². The Kier molecular flexibility index (Phi) is 6.30. The van der Waals surface area contributed by atoms with Gasteiger partial charge in [0.05, 0.1) is 6.10 Å². The van der Waals surface area contributed by atoms with Gasteiger partial charge >= 0.3 is 0 Å². The molecule has 20 heavy (non-hydrogen) atoms. The number of carbonyl (C=O) groups excluding carboxylic acids is 1. The maximum atomic E-state index is 12.4. The highest BCUT2D eigenvalue weighted by Gasteiger charge is 2.32. The van der Waals surface area contributed by atoms with Crippen molar-refractivity contribution in [3.8, 4) is 0 Å². The summed E-state index contributed by atoms with van der Waals surface area (Å²) in [6.07, 6.45) is 6.78. The van der Waals surface area contributed by atoms with Crippen molar-refractivity contribution in [2.75, 3.05) is 26.2 Å². The van der Waals surface area contributed by atoms with Crippen LogP contribution in [0.3, 0.4) is 0 Å². The largest absolute Gasteiger partial charge is 0.378 e. The first-order chi connectivity index (χ1) is 9.72. The molecule has 1 saturated carbocycles. The van der Waals surface area contributed by atoms with Gasteiger partial charge in [-0.2, -0.15) is 0 Å². The van der Waals surface area contributed by atoms with Crippen LogP contribution in [0.2, 0.25) is 0 Å². The van der Waals surface area contributed by atoms with Gasteiger partial charge in [0.2, 0.25) is 5.91 Å². The Morgan fingerprint density at radius 2 is 2.15 bits per heavy atom. The molecular formula is C16H30N2O2. The van der Waals surface area contributed by atoms with Crippen molar-refractivity contribution in [3.63, 3.8) is 0 Å². The predicted molar refractivity (Wildman–Crippen MR) is 80.7 cm³/mol. The molecule has 0 spiro atoms. The van der Waals surface area contributed by atoms with E-state index >= 15 is 0 Å². The molecule has 0 aromatic rings. The summed E-state index contributed by atoms with van der Waals surface area (Å²) in [6, 6.07) is 0.517. The fourth-order valence-corrected chi connectivity index (χ4v) is 3.36. The summed E-state index contributed by atoms with van der Waals surface area (Å²) in [7, 11) is 0. The van der Waals surface area contributed by atoms with Crippen LogP contribution < -0.4 is 5.32 Å². The first-order valence-electron chi connectivity index (χ1n) is 8.35. The summed E-state index contributed by atoms with van der Waals surface area (Å²) in [5.41, 5.74) is 0. The van der Waals surface area contributed by atoms with Crippen LogP contribution in [0, 0.1) is 5.92 Å². The molecule has 1 amide bonds. The molecule has 0 radical (unpaired) electrons. The molecule has 2 aliphatic rings. The first-order valence-corrected chi connectivity index (χ1v) is 8.35. The molecule has 0 bridgehead atoms. The number of nitrogens with zero attached hydrogens (tertiary/aromatic N) is 1. The summed E-state index contributed by atoms with van der Waals surface area (Å²) in [6.45, 7) is 7.89. The summed E-state index contributed by atoms with van der Waals surface area (Å²) >= 11 is 0. The monoisotopic (exact) mass is 282 g/mol. The van der Waals surface area contributed by atoms with Gasteiger partial charge in [0.25, 0.3) is 0 Å². The number of amides is 1. The van der Waals surface area contributed by atoms with E-state index in [1.54, 1.807) is 0 Å². The number of hydrogen-bond donors (Lipinski definition) is 1. The zero-order valence-electron chi connectivity index (χ0n) is 13.1. The lowest BCUT2D eigenvalue weighted by molar-refractivity contribution is -0.134. The molecule has 4 heteroatoms. The predicted octanol–water partition coefficient (Wildman–Crippen LogP) is 2.18. The molecular weight excluding hydrogens is 252 g/mol. The third-order valence-electron chi connectivity index (χ3n) is 4.51. The quantitative estimate of drug-likeness (QED) is 0.742. The van der Waals surface area contributed by atoms with Gasteiger partial charge in [0, 0.05) is 32.2 Å². The molecule has 2 rings (SSSR count). The van der Waals surface area contributed by atoms with E-state index in [0.29, 0.717) is 24.0 Å². The van der Waals surface area contributed by atoms with Gasteiger partial charge in [0.15, 0.2) is 0 Å². The molecule has 1 atom stereocenters. The Hall–Kier alpha value is -0.610. The highest BCUT2D eigenvalue weighted by atomic mass is 16.5. The van der Waals surface area contributed by atoms with Crippen LogP contribution in [0.25, 0.3) is 0 Å². The van der Waals surface area contributed by atoms with Gasteiger partial charge in [0.1, 0.15) is 0 Å². The minimum absolute atomic E-state index is 0.348. The van der Waals surface area contributed by atoms with Gasteiger partial charge < -0.3 is 15.0 Å². The van der Waals surface area contributed by atoms with E-state index in [2.05, 4.69) is 17.1 Å². The van der Waals surface area contributed by atoms with E-state index < -0.39 is 0 Å².